The Bertz CT molecular complexity index is 770. The van der Waals surface area contributed by atoms with Gasteiger partial charge in [-0.1, -0.05) is 0 Å². The maximum Gasteiger partial charge on any atom is 0.278 e. The van der Waals surface area contributed by atoms with Gasteiger partial charge in [0.05, 0.1) is 22.3 Å². The van der Waals surface area contributed by atoms with Crippen molar-refractivity contribution in [3.05, 3.63) is 59.3 Å². The third-order valence-electron chi connectivity index (χ3n) is 3.19. The summed E-state index contributed by atoms with van der Waals surface area (Å²) in [7, 11) is 0. The molecule has 0 atom stereocenters. The monoisotopic (exact) mass is 283 g/mol. The van der Waals surface area contributed by atoms with Crippen LogP contribution in [0.2, 0.25) is 0 Å². The predicted octanol–water partition coefficient (Wildman–Crippen LogP) is 2.45. The number of nitro groups is 1. The number of fused-ring (bicyclic) bond motifs is 1. The van der Waals surface area contributed by atoms with Crippen LogP contribution in [0, 0.1) is 10.1 Å². The van der Waals surface area contributed by atoms with Gasteiger partial charge in [0.1, 0.15) is 5.52 Å². The van der Waals surface area contributed by atoms with Gasteiger partial charge in [-0.25, -0.2) is 4.98 Å². The van der Waals surface area contributed by atoms with Gasteiger partial charge < -0.3 is 9.88 Å². The van der Waals surface area contributed by atoms with Gasteiger partial charge >= 0.3 is 0 Å². The highest BCUT2D eigenvalue weighted by atomic mass is 16.6. The second kappa shape index (κ2) is 5.58. The molecule has 3 rings (SSSR count). The summed E-state index contributed by atoms with van der Waals surface area (Å²) in [5, 5.41) is 14.8. The first-order chi connectivity index (χ1) is 10.3. The molecule has 2 aromatic heterocycles. The fourth-order valence-electron chi connectivity index (χ4n) is 2.20. The van der Waals surface area contributed by atoms with Crippen LogP contribution in [0.25, 0.3) is 10.9 Å². The number of hydrogen-bond donors (Lipinski definition) is 1. The van der Waals surface area contributed by atoms with Crippen molar-refractivity contribution in [3.8, 4) is 0 Å². The summed E-state index contributed by atoms with van der Waals surface area (Å²) in [5.41, 5.74) is 1.46. The molecule has 0 radical (unpaired) electrons. The van der Waals surface area contributed by atoms with Gasteiger partial charge in [-0.3, -0.25) is 15.1 Å². The molecule has 7 heteroatoms. The van der Waals surface area contributed by atoms with E-state index in [9.17, 15) is 10.1 Å². The van der Waals surface area contributed by atoms with Gasteiger partial charge in [0.25, 0.3) is 5.69 Å². The molecule has 0 aliphatic heterocycles. The molecule has 0 unspecified atom stereocenters. The maximum absolute atomic E-state index is 11.0. The summed E-state index contributed by atoms with van der Waals surface area (Å²) < 4.78 is 1.95. The minimum Gasteiger partial charge on any atom is -0.381 e. The lowest BCUT2D eigenvalue weighted by molar-refractivity contribution is -0.383. The predicted molar refractivity (Wildman–Crippen MR) is 79.1 cm³/mol. The molecule has 1 N–H and O–H groups in total. The highest BCUT2D eigenvalue weighted by Crippen LogP contribution is 2.29. The van der Waals surface area contributed by atoms with E-state index in [2.05, 4.69) is 15.3 Å². The second-order valence-electron chi connectivity index (χ2n) is 4.52. The molecule has 0 aliphatic carbocycles. The maximum atomic E-state index is 11.0. The van der Waals surface area contributed by atoms with Crippen molar-refractivity contribution in [2.24, 2.45) is 0 Å². The normalized spacial score (nSPS) is 10.7. The Morgan fingerprint density at radius 3 is 2.95 bits per heavy atom. The highest BCUT2D eigenvalue weighted by Gasteiger charge is 2.14. The van der Waals surface area contributed by atoms with Crippen LogP contribution in [0.5, 0.6) is 0 Å². The molecular formula is C14H13N5O2. The van der Waals surface area contributed by atoms with Crippen molar-refractivity contribution in [3.63, 3.8) is 0 Å². The van der Waals surface area contributed by atoms with Crippen LogP contribution in [0.3, 0.4) is 0 Å². The largest absolute Gasteiger partial charge is 0.381 e. The average molecular weight is 283 g/mol. The Morgan fingerprint density at radius 2 is 2.19 bits per heavy atom. The zero-order valence-corrected chi connectivity index (χ0v) is 11.1. The topological polar surface area (TPSA) is 85.9 Å². The number of anilines is 1. The van der Waals surface area contributed by atoms with Crippen molar-refractivity contribution < 1.29 is 4.92 Å². The fraction of sp³-hybridized carbons (Fsp3) is 0.143. The molecule has 0 saturated heterocycles. The van der Waals surface area contributed by atoms with Gasteiger partial charge in [-0.2, -0.15) is 0 Å². The van der Waals surface area contributed by atoms with Crippen molar-refractivity contribution >= 4 is 22.3 Å². The first-order valence-corrected chi connectivity index (χ1v) is 6.47. The summed E-state index contributed by atoms with van der Waals surface area (Å²) in [6.07, 6.45) is 6.98. The minimum absolute atomic E-state index is 0.0678. The summed E-state index contributed by atoms with van der Waals surface area (Å²) >= 11 is 0. The van der Waals surface area contributed by atoms with Crippen molar-refractivity contribution in [2.75, 3.05) is 11.9 Å². The number of rotatable bonds is 5. The SMILES string of the molecule is O=[N+]([O-])c1ccc(NCCn2ccnc2)c2ncccc12. The molecule has 0 saturated carbocycles. The second-order valence-corrected chi connectivity index (χ2v) is 4.52. The van der Waals surface area contributed by atoms with Crippen LogP contribution in [0.15, 0.2) is 49.2 Å². The quantitative estimate of drug-likeness (QED) is 0.574. The average Bonchev–Trinajstić information content (AvgIpc) is 3.00. The van der Waals surface area contributed by atoms with E-state index in [4.69, 9.17) is 0 Å². The molecule has 0 bridgehead atoms. The summed E-state index contributed by atoms with van der Waals surface area (Å²) in [6, 6.07) is 6.61. The van der Waals surface area contributed by atoms with Gasteiger partial charge in [-0.05, 0) is 18.2 Å². The number of non-ortho nitro benzene ring substituents is 1. The van der Waals surface area contributed by atoms with Crippen LogP contribution >= 0.6 is 0 Å². The zero-order valence-electron chi connectivity index (χ0n) is 11.1. The molecule has 106 valence electrons. The number of nitro benzene ring substituents is 1. The van der Waals surface area contributed by atoms with E-state index in [0.717, 1.165) is 12.2 Å². The highest BCUT2D eigenvalue weighted by molar-refractivity contribution is 5.96. The Kier molecular flexibility index (Phi) is 3.46. The van der Waals surface area contributed by atoms with E-state index in [-0.39, 0.29) is 10.6 Å². The lowest BCUT2D eigenvalue weighted by Crippen LogP contribution is -2.09. The zero-order chi connectivity index (χ0) is 14.7. The fourth-order valence-corrected chi connectivity index (χ4v) is 2.20. The third-order valence-corrected chi connectivity index (χ3v) is 3.19. The van der Waals surface area contributed by atoms with E-state index < -0.39 is 0 Å². The standard InChI is InChI=1S/C14H13N5O2/c20-19(21)13-4-3-12(14-11(13)2-1-5-17-14)16-7-9-18-8-6-15-10-18/h1-6,8,10,16H,7,9H2. The first kappa shape index (κ1) is 13.0. The summed E-state index contributed by atoms with van der Waals surface area (Å²) in [6.45, 7) is 1.44. The number of imidazole rings is 1. The van der Waals surface area contributed by atoms with E-state index in [0.29, 0.717) is 17.4 Å². The molecular weight excluding hydrogens is 270 g/mol. The van der Waals surface area contributed by atoms with Gasteiger partial charge in [0.15, 0.2) is 0 Å². The van der Waals surface area contributed by atoms with Crippen LogP contribution in [-0.2, 0) is 6.54 Å². The van der Waals surface area contributed by atoms with Crippen LogP contribution < -0.4 is 5.32 Å². The van der Waals surface area contributed by atoms with E-state index in [1.807, 2.05) is 10.8 Å². The Hall–Kier alpha value is -2.96. The Labute approximate surface area is 120 Å². The molecule has 1 aromatic carbocycles. The van der Waals surface area contributed by atoms with Gasteiger partial charge in [0.2, 0.25) is 0 Å². The smallest absolute Gasteiger partial charge is 0.278 e. The van der Waals surface area contributed by atoms with E-state index in [1.54, 1.807) is 36.9 Å². The third kappa shape index (κ3) is 2.66. The van der Waals surface area contributed by atoms with E-state index in [1.165, 1.54) is 6.07 Å². The van der Waals surface area contributed by atoms with Crippen LogP contribution in [0.4, 0.5) is 11.4 Å². The van der Waals surface area contributed by atoms with Crippen molar-refractivity contribution in [2.45, 2.75) is 6.54 Å². The number of nitrogens with one attached hydrogen (secondary N) is 1. The number of hydrogen-bond acceptors (Lipinski definition) is 5. The number of pyridine rings is 1. The van der Waals surface area contributed by atoms with Crippen molar-refractivity contribution in [1.29, 1.82) is 0 Å². The summed E-state index contributed by atoms with van der Waals surface area (Å²) in [5.74, 6) is 0. The van der Waals surface area contributed by atoms with Crippen molar-refractivity contribution in [1.82, 2.24) is 14.5 Å². The number of aromatic nitrogens is 3. The Balaban J connectivity index is 1.85. The molecule has 0 aliphatic rings. The van der Waals surface area contributed by atoms with Gasteiger partial charge in [-0.15, -0.1) is 0 Å². The molecule has 0 fully saturated rings. The molecule has 0 spiro atoms. The molecule has 2 heterocycles. The minimum atomic E-state index is -0.390. The Morgan fingerprint density at radius 1 is 1.29 bits per heavy atom. The lowest BCUT2D eigenvalue weighted by atomic mass is 10.1. The lowest BCUT2D eigenvalue weighted by Gasteiger charge is -2.09. The van der Waals surface area contributed by atoms with Crippen LogP contribution in [-0.4, -0.2) is 26.0 Å². The number of benzene rings is 1. The molecule has 3 aromatic rings. The molecule has 21 heavy (non-hydrogen) atoms. The van der Waals surface area contributed by atoms with E-state index >= 15 is 0 Å². The molecule has 0 amide bonds. The van der Waals surface area contributed by atoms with Gasteiger partial charge in [0, 0.05) is 37.7 Å². The van der Waals surface area contributed by atoms with Crippen LogP contribution in [0.1, 0.15) is 0 Å². The first-order valence-electron chi connectivity index (χ1n) is 6.47. The number of nitrogens with zero attached hydrogens (tertiary/aromatic N) is 4. The molecule has 7 nitrogen and oxygen atoms in total. The summed E-state index contributed by atoms with van der Waals surface area (Å²) in [4.78, 5) is 18.9.